The zero-order valence-corrected chi connectivity index (χ0v) is 16.7. The predicted octanol–water partition coefficient (Wildman–Crippen LogP) is 1.81. The molecule has 0 unspecified atom stereocenters. The number of halogens is 2. The number of alkyl halides is 2. The molecule has 0 amide bonds. The van der Waals surface area contributed by atoms with E-state index in [-0.39, 0.29) is 17.2 Å². The van der Waals surface area contributed by atoms with Crippen LogP contribution in [0.5, 0.6) is 11.5 Å². The third kappa shape index (κ3) is 6.88. The third-order valence-corrected chi connectivity index (χ3v) is 4.79. The lowest BCUT2D eigenvalue weighted by atomic mass is 10.2. The Labute approximate surface area is 167 Å². The van der Waals surface area contributed by atoms with Gasteiger partial charge in [-0.1, -0.05) is 12.1 Å². The molecule has 0 saturated carbocycles. The molecule has 0 aliphatic carbocycles. The first-order valence-electron chi connectivity index (χ1n) is 8.41. The fourth-order valence-electron chi connectivity index (χ4n) is 2.41. The first-order chi connectivity index (χ1) is 13.7. The van der Waals surface area contributed by atoms with E-state index in [4.69, 9.17) is 9.88 Å². The van der Waals surface area contributed by atoms with Gasteiger partial charge in [-0.3, -0.25) is 4.99 Å². The van der Waals surface area contributed by atoms with Crippen molar-refractivity contribution in [3.8, 4) is 11.5 Å². The van der Waals surface area contributed by atoms with Crippen LogP contribution >= 0.6 is 0 Å². The maximum absolute atomic E-state index is 12.6. The molecule has 0 radical (unpaired) electrons. The van der Waals surface area contributed by atoms with Crippen LogP contribution in [0.1, 0.15) is 11.1 Å². The Morgan fingerprint density at radius 3 is 2.34 bits per heavy atom. The molecular formula is C18H22F2N4O4S. The number of aliphatic imine (C=N–C) groups is 1. The molecule has 29 heavy (non-hydrogen) atoms. The molecule has 0 saturated heterocycles. The van der Waals surface area contributed by atoms with Gasteiger partial charge in [-0.25, -0.2) is 13.6 Å². The van der Waals surface area contributed by atoms with E-state index < -0.39 is 16.6 Å². The second-order valence-corrected chi connectivity index (χ2v) is 7.38. The summed E-state index contributed by atoms with van der Waals surface area (Å²) in [5.74, 6) is 0.940. The van der Waals surface area contributed by atoms with Gasteiger partial charge < -0.3 is 20.1 Å². The fourth-order valence-corrected chi connectivity index (χ4v) is 2.93. The minimum absolute atomic E-state index is 0.0216. The van der Waals surface area contributed by atoms with Crippen LogP contribution in [0.25, 0.3) is 0 Å². The number of sulfonamides is 1. The van der Waals surface area contributed by atoms with Crippen molar-refractivity contribution in [1.29, 1.82) is 0 Å². The van der Waals surface area contributed by atoms with Gasteiger partial charge in [0.25, 0.3) is 0 Å². The monoisotopic (exact) mass is 428 g/mol. The Morgan fingerprint density at radius 1 is 1.14 bits per heavy atom. The Bertz CT molecular complexity index is 951. The summed E-state index contributed by atoms with van der Waals surface area (Å²) in [5.41, 5.74) is 1.26. The van der Waals surface area contributed by atoms with Crippen molar-refractivity contribution in [3.63, 3.8) is 0 Å². The van der Waals surface area contributed by atoms with Crippen LogP contribution in [0.3, 0.4) is 0 Å². The zero-order chi connectivity index (χ0) is 21.4. The summed E-state index contributed by atoms with van der Waals surface area (Å²) in [6.45, 7) is -2.44. The van der Waals surface area contributed by atoms with E-state index in [2.05, 4.69) is 20.4 Å². The van der Waals surface area contributed by atoms with Crippen LogP contribution in [-0.2, 0) is 23.1 Å². The lowest BCUT2D eigenvalue weighted by molar-refractivity contribution is -0.0505. The molecule has 2 aromatic rings. The summed E-state index contributed by atoms with van der Waals surface area (Å²) in [6, 6.07) is 10.6. The number of hydrogen-bond acceptors (Lipinski definition) is 5. The molecule has 4 N–H and O–H groups in total. The summed E-state index contributed by atoms with van der Waals surface area (Å²) in [5, 5.41) is 11.1. The number of ether oxygens (including phenoxy) is 2. The van der Waals surface area contributed by atoms with Crippen molar-refractivity contribution < 1.29 is 26.7 Å². The number of nitrogens with zero attached hydrogens (tertiary/aromatic N) is 1. The lowest BCUT2D eigenvalue weighted by Crippen LogP contribution is -2.36. The highest BCUT2D eigenvalue weighted by Gasteiger charge is 2.12. The van der Waals surface area contributed by atoms with E-state index >= 15 is 0 Å². The van der Waals surface area contributed by atoms with Crippen LogP contribution in [0.2, 0.25) is 0 Å². The van der Waals surface area contributed by atoms with Crippen molar-refractivity contribution in [1.82, 2.24) is 10.6 Å². The minimum Gasteiger partial charge on any atom is -0.497 e. The zero-order valence-electron chi connectivity index (χ0n) is 15.9. The number of benzene rings is 2. The highest BCUT2D eigenvalue weighted by Crippen LogP contribution is 2.25. The standard InChI is InChI=1S/C18H22F2N4O4S/c1-22-18(23-10-12-3-6-15(7-4-12)29(21,25)26)24-11-13-9-14(27-2)5-8-16(13)28-17(19)20/h3-9,17H,10-11H2,1-2H3,(H2,21,25,26)(H2,22,23,24). The van der Waals surface area contributed by atoms with Crippen LogP contribution in [0.15, 0.2) is 52.4 Å². The maximum Gasteiger partial charge on any atom is 0.387 e. The van der Waals surface area contributed by atoms with E-state index in [1.165, 1.54) is 31.4 Å². The first kappa shape index (κ1) is 22.4. The van der Waals surface area contributed by atoms with Crippen molar-refractivity contribution in [3.05, 3.63) is 53.6 Å². The average molecular weight is 428 g/mol. The Balaban J connectivity index is 2.00. The second kappa shape index (κ2) is 10.0. The number of guanidine groups is 1. The fraction of sp³-hybridized carbons (Fsp3) is 0.278. The largest absolute Gasteiger partial charge is 0.497 e. The van der Waals surface area contributed by atoms with Gasteiger partial charge in [0.05, 0.1) is 12.0 Å². The van der Waals surface area contributed by atoms with Crippen molar-refractivity contribution >= 4 is 16.0 Å². The van der Waals surface area contributed by atoms with Crippen LogP contribution in [0, 0.1) is 0 Å². The quantitative estimate of drug-likeness (QED) is 0.436. The van der Waals surface area contributed by atoms with Crippen LogP contribution in [0.4, 0.5) is 8.78 Å². The predicted molar refractivity (Wildman–Crippen MR) is 104 cm³/mol. The summed E-state index contributed by atoms with van der Waals surface area (Å²) >= 11 is 0. The van der Waals surface area contributed by atoms with Gasteiger partial charge in [0.15, 0.2) is 5.96 Å². The van der Waals surface area contributed by atoms with E-state index in [1.54, 1.807) is 25.2 Å². The lowest BCUT2D eigenvalue weighted by Gasteiger charge is -2.15. The molecule has 0 fully saturated rings. The molecule has 158 valence electrons. The van der Waals surface area contributed by atoms with Gasteiger partial charge in [0.1, 0.15) is 11.5 Å². The number of rotatable bonds is 8. The van der Waals surface area contributed by atoms with E-state index in [1.807, 2.05) is 0 Å². The van der Waals surface area contributed by atoms with Crippen molar-refractivity contribution in [2.24, 2.45) is 10.1 Å². The highest BCUT2D eigenvalue weighted by atomic mass is 32.2. The SMILES string of the molecule is CN=C(NCc1ccc(S(N)(=O)=O)cc1)NCc1cc(OC)ccc1OC(F)F. The summed E-state index contributed by atoms with van der Waals surface area (Å²) < 4.78 is 57.4. The minimum atomic E-state index is -3.75. The molecule has 0 heterocycles. The molecule has 0 aromatic heterocycles. The molecule has 11 heteroatoms. The van der Waals surface area contributed by atoms with Gasteiger partial charge >= 0.3 is 6.61 Å². The van der Waals surface area contributed by atoms with E-state index in [0.717, 1.165) is 5.56 Å². The molecule has 0 aliphatic heterocycles. The third-order valence-electron chi connectivity index (χ3n) is 3.87. The molecule has 0 bridgehead atoms. The van der Waals surface area contributed by atoms with Crippen molar-refractivity contribution in [2.45, 2.75) is 24.6 Å². The smallest absolute Gasteiger partial charge is 0.387 e. The highest BCUT2D eigenvalue weighted by molar-refractivity contribution is 7.89. The van der Waals surface area contributed by atoms with Crippen molar-refractivity contribution in [2.75, 3.05) is 14.2 Å². The molecule has 0 aliphatic rings. The maximum atomic E-state index is 12.6. The molecular weight excluding hydrogens is 406 g/mol. The second-order valence-electron chi connectivity index (χ2n) is 5.82. The van der Waals surface area contributed by atoms with Gasteiger partial charge in [0, 0.05) is 25.7 Å². The average Bonchev–Trinajstić information content (AvgIpc) is 2.68. The molecule has 0 atom stereocenters. The van der Waals surface area contributed by atoms with Gasteiger partial charge in [-0.15, -0.1) is 0 Å². The Morgan fingerprint density at radius 2 is 1.79 bits per heavy atom. The summed E-state index contributed by atoms with van der Waals surface area (Å²) in [4.78, 5) is 4.09. The van der Waals surface area contributed by atoms with Crippen LogP contribution < -0.4 is 25.2 Å². The molecule has 8 nitrogen and oxygen atoms in total. The number of primary sulfonamides is 1. The number of hydrogen-bond donors (Lipinski definition) is 3. The molecule has 2 aromatic carbocycles. The first-order valence-corrected chi connectivity index (χ1v) is 9.95. The van der Waals surface area contributed by atoms with Gasteiger partial charge in [0.2, 0.25) is 10.0 Å². The number of methoxy groups -OCH3 is 1. The summed E-state index contributed by atoms with van der Waals surface area (Å²) in [6.07, 6.45) is 0. The topological polar surface area (TPSA) is 115 Å². The summed E-state index contributed by atoms with van der Waals surface area (Å²) in [7, 11) is -0.714. The normalized spacial score (nSPS) is 12.0. The Hall–Kier alpha value is -2.92. The van der Waals surface area contributed by atoms with E-state index in [0.29, 0.717) is 23.8 Å². The molecule has 2 rings (SSSR count). The van der Waals surface area contributed by atoms with Crippen LogP contribution in [-0.4, -0.2) is 35.1 Å². The number of nitrogens with two attached hydrogens (primary N) is 1. The molecule has 0 spiro atoms. The van der Waals surface area contributed by atoms with Gasteiger partial charge in [-0.05, 0) is 35.9 Å². The van der Waals surface area contributed by atoms with E-state index in [9.17, 15) is 17.2 Å². The Kier molecular flexibility index (Phi) is 7.74. The number of nitrogens with one attached hydrogen (secondary N) is 2. The van der Waals surface area contributed by atoms with Gasteiger partial charge in [-0.2, -0.15) is 8.78 Å².